The van der Waals surface area contributed by atoms with E-state index in [-0.39, 0.29) is 17.6 Å². The minimum absolute atomic E-state index is 0.0920. The first-order valence-electron chi connectivity index (χ1n) is 9.40. The van der Waals surface area contributed by atoms with Crippen LogP contribution in [0.1, 0.15) is 26.2 Å². The molecule has 0 radical (unpaired) electrons. The van der Waals surface area contributed by atoms with Crippen molar-refractivity contribution >= 4 is 45.7 Å². The maximum Gasteiger partial charge on any atom is 0.328 e. The topological polar surface area (TPSA) is 85.5 Å². The molecule has 8 heteroatoms. The smallest absolute Gasteiger partial charge is 0.328 e. The van der Waals surface area contributed by atoms with E-state index in [9.17, 15) is 9.59 Å². The zero-order valence-electron chi connectivity index (χ0n) is 15.6. The molecule has 0 N–H and O–H groups in total. The number of aromatic nitrogens is 2. The van der Waals surface area contributed by atoms with Crippen molar-refractivity contribution in [3.8, 4) is 0 Å². The lowest BCUT2D eigenvalue weighted by Crippen LogP contribution is -2.49. The first kappa shape index (κ1) is 18.7. The molecule has 7 nitrogen and oxygen atoms in total. The Labute approximate surface area is 166 Å². The molecule has 1 amide bonds. The van der Waals surface area contributed by atoms with Gasteiger partial charge in [-0.1, -0.05) is 23.9 Å². The van der Waals surface area contributed by atoms with Crippen LogP contribution in [0.15, 0.2) is 40.0 Å². The molecular formula is C20H21N3O4S. The molecular weight excluding hydrogens is 378 g/mol. The van der Waals surface area contributed by atoms with E-state index in [1.165, 1.54) is 18.1 Å². The van der Waals surface area contributed by atoms with Gasteiger partial charge in [0.25, 0.3) is 0 Å². The van der Waals surface area contributed by atoms with Gasteiger partial charge in [0.15, 0.2) is 5.58 Å². The first-order valence-corrected chi connectivity index (χ1v) is 10.4. The van der Waals surface area contributed by atoms with Crippen LogP contribution in [0.2, 0.25) is 0 Å². The minimum Gasteiger partial charge on any atom is -0.464 e. The monoisotopic (exact) mass is 399 g/mol. The van der Waals surface area contributed by atoms with Gasteiger partial charge >= 0.3 is 5.97 Å². The fourth-order valence-electron chi connectivity index (χ4n) is 3.53. The highest BCUT2D eigenvalue weighted by atomic mass is 32.2. The standard InChI is InChI=1S/C20H21N3O4S/c1-2-26-20(25)14-8-5-6-10-23(14)16(24)11-28-19-18-17(21-12-22-19)13-7-3-4-9-15(13)27-18/h3-4,7,9,12,14H,2,5-6,8,10-11H2,1H3/t14-/m0/s1. The molecule has 2 aromatic heterocycles. The Morgan fingerprint density at radius 1 is 1.29 bits per heavy atom. The zero-order chi connectivity index (χ0) is 19.5. The molecule has 146 valence electrons. The second kappa shape index (κ2) is 8.18. The number of ether oxygens (including phenoxy) is 1. The molecule has 0 spiro atoms. The van der Waals surface area contributed by atoms with Crippen LogP contribution in [0.3, 0.4) is 0 Å². The van der Waals surface area contributed by atoms with Gasteiger partial charge in [-0.25, -0.2) is 14.8 Å². The number of fused-ring (bicyclic) bond motifs is 3. The van der Waals surface area contributed by atoms with Crippen LogP contribution in [0, 0.1) is 0 Å². The number of carbonyl (C=O) groups is 2. The summed E-state index contributed by atoms with van der Waals surface area (Å²) in [4.78, 5) is 35.3. The Morgan fingerprint density at radius 2 is 2.14 bits per heavy atom. The number of hydrogen-bond acceptors (Lipinski definition) is 7. The number of hydrogen-bond donors (Lipinski definition) is 0. The van der Waals surface area contributed by atoms with Crippen molar-refractivity contribution in [3.63, 3.8) is 0 Å². The molecule has 4 rings (SSSR count). The molecule has 3 heterocycles. The Hall–Kier alpha value is -2.61. The summed E-state index contributed by atoms with van der Waals surface area (Å²) in [6.45, 7) is 2.67. The van der Waals surface area contributed by atoms with Gasteiger partial charge in [0.1, 0.15) is 28.5 Å². The van der Waals surface area contributed by atoms with Crippen molar-refractivity contribution in [3.05, 3.63) is 30.6 Å². The number of nitrogens with zero attached hydrogens (tertiary/aromatic N) is 3. The molecule has 0 aliphatic carbocycles. The third-order valence-electron chi connectivity index (χ3n) is 4.84. The van der Waals surface area contributed by atoms with E-state index in [0.29, 0.717) is 30.2 Å². The molecule has 28 heavy (non-hydrogen) atoms. The van der Waals surface area contributed by atoms with E-state index in [1.54, 1.807) is 11.8 Å². The minimum atomic E-state index is -0.488. The SMILES string of the molecule is CCOC(=O)[C@@H]1CCCCN1C(=O)CSc1ncnc2c1oc1ccccc12. The number of rotatable bonds is 5. The second-order valence-corrected chi connectivity index (χ2v) is 7.56. The third kappa shape index (κ3) is 3.56. The van der Waals surface area contributed by atoms with Crippen LogP contribution in [-0.2, 0) is 14.3 Å². The quantitative estimate of drug-likeness (QED) is 0.369. The first-order chi connectivity index (χ1) is 13.7. The zero-order valence-corrected chi connectivity index (χ0v) is 16.4. The fraction of sp³-hybridized carbons (Fsp3) is 0.400. The number of esters is 1. The largest absolute Gasteiger partial charge is 0.464 e. The van der Waals surface area contributed by atoms with Crippen molar-refractivity contribution in [1.82, 2.24) is 14.9 Å². The summed E-state index contributed by atoms with van der Waals surface area (Å²) >= 11 is 1.31. The Morgan fingerprint density at radius 3 is 3.00 bits per heavy atom. The second-order valence-electron chi connectivity index (χ2n) is 6.59. The highest BCUT2D eigenvalue weighted by Crippen LogP contribution is 2.32. The lowest BCUT2D eigenvalue weighted by Gasteiger charge is -2.33. The lowest BCUT2D eigenvalue weighted by atomic mass is 10.0. The van der Waals surface area contributed by atoms with Crippen molar-refractivity contribution in [2.75, 3.05) is 18.9 Å². The number of furan rings is 1. The number of piperidine rings is 1. The van der Waals surface area contributed by atoms with Gasteiger partial charge in [-0.15, -0.1) is 0 Å². The lowest BCUT2D eigenvalue weighted by molar-refractivity contribution is -0.155. The third-order valence-corrected chi connectivity index (χ3v) is 5.80. The van der Waals surface area contributed by atoms with E-state index >= 15 is 0 Å². The van der Waals surface area contributed by atoms with Gasteiger partial charge in [-0.2, -0.15) is 0 Å². The molecule has 3 aromatic rings. The van der Waals surface area contributed by atoms with Gasteiger partial charge in [0, 0.05) is 11.9 Å². The number of benzene rings is 1. The Balaban J connectivity index is 1.52. The maximum absolute atomic E-state index is 12.8. The molecule has 1 atom stereocenters. The van der Waals surface area contributed by atoms with Crippen LogP contribution >= 0.6 is 11.8 Å². The molecule has 0 bridgehead atoms. The number of para-hydroxylation sites is 1. The summed E-state index contributed by atoms with van der Waals surface area (Å²) in [5.41, 5.74) is 2.06. The maximum atomic E-state index is 12.8. The summed E-state index contributed by atoms with van der Waals surface area (Å²) in [7, 11) is 0. The number of likely N-dealkylation sites (tertiary alicyclic amines) is 1. The summed E-state index contributed by atoms with van der Waals surface area (Å²) in [6.07, 6.45) is 3.95. The predicted molar refractivity (Wildman–Crippen MR) is 106 cm³/mol. The van der Waals surface area contributed by atoms with Crippen LogP contribution < -0.4 is 0 Å². The van der Waals surface area contributed by atoms with E-state index in [1.807, 2.05) is 24.3 Å². The van der Waals surface area contributed by atoms with Crippen LogP contribution in [0.5, 0.6) is 0 Å². The number of thioether (sulfide) groups is 1. The highest BCUT2D eigenvalue weighted by molar-refractivity contribution is 8.00. The van der Waals surface area contributed by atoms with E-state index < -0.39 is 6.04 Å². The van der Waals surface area contributed by atoms with Crippen LogP contribution in [0.4, 0.5) is 0 Å². The molecule has 0 unspecified atom stereocenters. The van der Waals surface area contributed by atoms with E-state index in [0.717, 1.165) is 29.3 Å². The van der Waals surface area contributed by atoms with Crippen molar-refractivity contribution in [1.29, 1.82) is 0 Å². The molecule has 1 aliphatic rings. The predicted octanol–water partition coefficient (Wildman–Crippen LogP) is 3.41. The summed E-state index contributed by atoms with van der Waals surface area (Å²) in [5, 5.41) is 1.55. The van der Waals surface area contributed by atoms with E-state index in [2.05, 4.69) is 9.97 Å². The normalized spacial score (nSPS) is 17.2. The summed E-state index contributed by atoms with van der Waals surface area (Å²) in [6, 6.07) is 7.18. The highest BCUT2D eigenvalue weighted by Gasteiger charge is 2.33. The average molecular weight is 399 g/mol. The molecule has 1 aliphatic heterocycles. The molecule has 1 saturated heterocycles. The van der Waals surface area contributed by atoms with Gasteiger partial charge in [0.05, 0.1) is 12.4 Å². The van der Waals surface area contributed by atoms with Crippen LogP contribution in [-0.4, -0.2) is 51.7 Å². The fourth-order valence-corrected chi connectivity index (χ4v) is 4.35. The summed E-state index contributed by atoms with van der Waals surface area (Å²) in [5.74, 6) is -0.230. The van der Waals surface area contributed by atoms with Crippen molar-refractivity contribution < 1.29 is 18.7 Å². The average Bonchev–Trinajstić information content (AvgIpc) is 3.11. The van der Waals surface area contributed by atoms with Crippen molar-refractivity contribution in [2.24, 2.45) is 0 Å². The molecule has 0 saturated carbocycles. The van der Waals surface area contributed by atoms with Gasteiger partial charge < -0.3 is 14.1 Å². The Bertz CT molecular complexity index is 1020. The molecule has 1 aromatic carbocycles. The number of amides is 1. The number of carbonyl (C=O) groups excluding carboxylic acids is 2. The van der Waals surface area contributed by atoms with Gasteiger partial charge in [-0.3, -0.25) is 4.79 Å². The Kier molecular flexibility index (Phi) is 5.47. The molecule has 1 fully saturated rings. The van der Waals surface area contributed by atoms with Crippen LogP contribution in [0.25, 0.3) is 22.1 Å². The summed E-state index contributed by atoms with van der Waals surface area (Å²) < 4.78 is 11.0. The van der Waals surface area contributed by atoms with Crippen molar-refractivity contribution in [2.45, 2.75) is 37.3 Å². The van der Waals surface area contributed by atoms with Gasteiger partial charge in [0.2, 0.25) is 5.91 Å². The van der Waals surface area contributed by atoms with E-state index in [4.69, 9.17) is 9.15 Å². The van der Waals surface area contributed by atoms with Gasteiger partial charge in [-0.05, 0) is 38.3 Å².